The number of nitrogens with one attached hydrogen (secondary N) is 1. The van der Waals surface area contributed by atoms with Gasteiger partial charge in [-0.25, -0.2) is 9.37 Å². The van der Waals surface area contributed by atoms with Crippen LogP contribution in [0.15, 0.2) is 42.6 Å². The molecule has 1 heterocycles. The molecule has 2 unspecified atom stereocenters. The summed E-state index contributed by atoms with van der Waals surface area (Å²) in [5, 5.41) is 3.00. The van der Waals surface area contributed by atoms with Crippen LogP contribution in [-0.2, 0) is 11.3 Å². The number of pyridine rings is 1. The van der Waals surface area contributed by atoms with Crippen molar-refractivity contribution in [2.24, 2.45) is 5.92 Å². The van der Waals surface area contributed by atoms with E-state index in [-0.39, 0.29) is 29.7 Å². The Bertz CT molecular complexity index is 772. The van der Waals surface area contributed by atoms with Gasteiger partial charge in [-0.3, -0.25) is 4.79 Å². The van der Waals surface area contributed by atoms with Gasteiger partial charge in [-0.05, 0) is 67.3 Å². The van der Waals surface area contributed by atoms with Crippen molar-refractivity contribution in [2.75, 3.05) is 0 Å². The van der Waals surface area contributed by atoms with Gasteiger partial charge in [0.25, 0.3) is 0 Å². The molecule has 0 aliphatic heterocycles. The normalized spacial score (nSPS) is 22.2. The summed E-state index contributed by atoms with van der Waals surface area (Å²) in [6, 6.07) is 10.2. The minimum Gasteiger partial charge on any atom is -0.474 e. The van der Waals surface area contributed by atoms with Gasteiger partial charge in [0, 0.05) is 24.7 Å². The molecule has 2 fully saturated rings. The average molecular weight is 354 g/mol. The van der Waals surface area contributed by atoms with Gasteiger partial charge in [0.2, 0.25) is 11.8 Å². The van der Waals surface area contributed by atoms with Gasteiger partial charge >= 0.3 is 0 Å². The maximum atomic E-state index is 13.0. The van der Waals surface area contributed by atoms with Crippen molar-refractivity contribution in [2.45, 2.75) is 50.7 Å². The molecule has 5 heteroatoms. The van der Waals surface area contributed by atoms with Crippen LogP contribution >= 0.6 is 0 Å². The quantitative estimate of drug-likeness (QED) is 0.854. The first-order chi connectivity index (χ1) is 12.7. The molecule has 0 radical (unpaired) electrons. The van der Waals surface area contributed by atoms with Crippen LogP contribution in [-0.4, -0.2) is 17.0 Å². The van der Waals surface area contributed by atoms with E-state index in [1.165, 1.54) is 25.0 Å². The Morgan fingerprint density at radius 1 is 1.19 bits per heavy atom. The molecule has 1 aromatic carbocycles. The van der Waals surface area contributed by atoms with Crippen LogP contribution in [0.1, 0.15) is 49.1 Å². The van der Waals surface area contributed by atoms with Crippen LogP contribution in [0.2, 0.25) is 0 Å². The highest BCUT2D eigenvalue weighted by Gasteiger charge is 2.43. The van der Waals surface area contributed by atoms with E-state index in [4.69, 9.17) is 4.74 Å². The van der Waals surface area contributed by atoms with Gasteiger partial charge in [-0.15, -0.1) is 0 Å². The zero-order valence-electron chi connectivity index (χ0n) is 14.7. The second-order valence-electron chi connectivity index (χ2n) is 7.24. The summed E-state index contributed by atoms with van der Waals surface area (Å²) in [6.45, 7) is 0.467. The summed E-state index contributed by atoms with van der Waals surface area (Å²) >= 11 is 0. The minimum atomic E-state index is -0.247. The molecule has 1 aromatic heterocycles. The van der Waals surface area contributed by atoms with Crippen molar-refractivity contribution < 1.29 is 13.9 Å². The standard InChI is InChI=1S/C21H23FN2O2/c22-16-7-5-15(6-8-16)18-12-19(18)21(25)24-13-14-9-10-23-20(11-14)26-17-3-1-2-4-17/h5-11,17-19H,1-4,12-13H2,(H,24,25). The van der Waals surface area contributed by atoms with Crippen molar-refractivity contribution in [3.63, 3.8) is 0 Å². The molecule has 136 valence electrons. The molecule has 2 atom stereocenters. The third kappa shape index (κ3) is 4.03. The molecule has 0 bridgehead atoms. The second kappa shape index (κ2) is 7.44. The second-order valence-corrected chi connectivity index (χ2v) is 7.24. The number of ether oxygens (including phenoxy) is 1. The highest BCUT2D eigenvalue weighted by atomic mass is 19.1. The smallest absolute Gasteiger partial charge is 0.224 e. The largest absolute Gasteiger partial charge is 0.474 e. The maximum Gasteiger partial charge on any atom is 0.224 e. The number of amides is 1. The molecule has 2 aliphatic carbocycles. The molecule has 0 saturated heterocycles. The monoisotopic (exact) mass is 354 g/mol. The number of hydrogen-bond donors (Lipinski definition) is 1. The van der Waals surface area contributed by atoms with Crippen LogP contribution in [0, 0.1) is 11.7 Å². The van der Waals surface area contributed by atoms with Gasteiger partial charge in [-0.1, -0.05) is 12.1 Å². The Hall–Kier alpha value is -2.43. The van der Waals surface area contributed by atoms with Crippen molar-refractivity contribution in [1.82, 2.24) is 10.3 Å². The maximum absolute atomic E-state index is 13.0. The molecule has 4 nitrogen and oxygen atoms in total. The molecule has 1 amide bonds. The predicted molar refractivity (Wildman–Crippen MR) is 96.2 cm³/mol. The van der Waals surface area contributed by atoms with Crippen LogP contribution in [0.25, 0.3) is 0 Å². The molecule has 4 rings (SSSR count). The number of nitrogens with zero attached hydrogens (tertiary/aromatic N) is 1. The number of rotatable bonds is 6. The molecule has 2 aliphatic rings. The zero-order chi connectivity index (χ0) is 17.9. The van der Waals surface area contributed by atoms with E-state index in [9.17, 15) is 9.18 Å². The number of carbonyl (C=O) groups is 1. The fourth-order valence-corrected chi connectivity index (χ4v) is 3.69. The van der Waals surface area contributed by atoms with Crippen LogP contribution in [0.5, 0.6) is 5.88 Å². The van der Waals surface area contributed by atoms with Gasteiger partial charge in [0.05, 0.1) is 0 Å². The summed E-state index contributed by atoms with van der Waals surface area (Å²) in [6.07, 6.45) is 7.45. The Kier molecular flexibility index (Phi) is 4.87. The van der Waals surface area contributed by atoms with Gasteiger partial charge in [0.15, 0.2) is 0 Å². The van der Waals surface area contributed by atoms with Gasteiger partial charge in [0.1, 0.15) is 11.9 Å². The van der Waals surface area contributed by atoms with E-state index in [1.54, 1.807) is 18.3 Å². The van der Waals surface area contributed by atoms with Crippen molar-refractivity contribution in [3.8, 4) is 5.88 Å². The third-order valence-electron chi connectivity index (χ3n) is 5.28. The predicted octanol–water partition coefficient (Wildman–Crippen LogP) is 3.96. The average Bonchev–Trinajstić information content (AvgIpc) is 3.29. The zero-order valence-corrected chi connectivity index (χ0v) is 14.7. The lowest BCUT2D eigenvalue weighted by Crippen LogP contribution is -2.25. The fraction of sp³-hybridized carbons (Fsp3) is 0.429. The number of benzene rings is 1. The Morgan fingerprint density at radius 3 is 2.73 bits per heavy atom. The third-order valence-corrected chi connectivity index (χ3v) is 5.28. The summed E-state index contributed by atoms with van der Waals surface area (Å²) in [5.41, 5.74) is 2.02. The first kappa shape index (κ1) is 17.0. The first-order valence-corrected chi connectivity index (χ1v) is 9.34. The summed E-state index contributed by atoms with van der Waals surface area (Å²) in [7, 11) is 0. The number of hydrogen-bond acceptors (Lipinski definition) is 3. The SMILES string of the molecule is O=C(NCc1ccnc(OC2CCCC2)c1)C1CC1c1ccc(F)cc1. The topological polar surface area (TPSA) is 51.2 Å². The molecular formula is C21H23FN2O2. The highest BCUT2D eigenvalue weighted by molar-refractivity contribution is 5.82. The van der Waals surface area contributed by atoms with E-state index >= 15 is 0 Å². The lowest BCUT2D eigenvalue weighted by Gasteiger charge is -2.13. The first-order valence-electron chi connectivity index (χ1n) is 9.34. The molecule has 1 N–H and O–H groups in total. The number of carbonyl (C=O) groups excluding carboxylic acids is 1. The van der Waals surface area contributed by atoms with Crippen molar-refractivity contribution >= 4 is 5.91 Å². The van der Waals surface area contributed by atoms with Gasteiger partial charge < -0.3 is 10.1 Å². The summed E-state index contributed by atoms with van der Waals surface area (Å²) < 4.78 is 18.9. The van der Waals surface area contributed by atoms with E-state index < -0.39 is 0 Å². The Labute approximate surface area is 152 Å². The fourth-order valence-electron chi connectivity index (χ4n) is 3.69. The lowest BCUT2D eigenvalue weighted by atomic mass is 10.1. The molecule has 2 aromatic rings. The number of aromatic nitrogens is 1. The van der Waals surface area contributed by atoms with Crippen LogP contribution in [0.3, 0.4) is 0 Å². The van der Waals surface area contributed by atoms with E-state index in [1.807, 2.05) is 12.1 Å². The van der Waals surface area contributed by atoms with E-state index in [0.29, 0.717) is 12.4 Å². The summed E-state index contributed by atoms with van der Waals surface area (Å²) in [5.74, 6) is 0.628. The Morgan fingerprint density at radius 2 is 1.96 bits per heavy atom. The van der Waals surface area contributed by atoms with Gasteiger partial charge in [-0.2, -0.15) is 0 Å². The molecule has 26 heavy (non-hydrogen) atoms. The lowest BCUT2D eigenvalue weighted by molar-refractivity contribution is -0.122. The van der Waals surface area contributed by atoms with Crippen LogP contribution in [0.4, 0.5) is 4.39 Å². The van der Waals surface area contributed by atoms with Crippen LogP contribution < -0.4 is 10.1 Å². The minimum absolute atomic E-state index is 0.0171. The Balaban J connectivity index is 1.29. The number of halogens is 1. The van der Waals surface area contributed by atoms with E-state index in [2.05, 4.69) is 10.3 Å². The molecular weight excluding hydrogens is 331 g/mol. The van der Waals surface area contributed by atoms with Crippen molar-refractivity contribution in [1.29, 1.82) is 0 Å². The summed E-state index contributed by atoms with van der Waals surface area (Å²) in [4.78, 5) is 16.6. The molecule has 2 saturated carbocycles. The molecule has 0 spiro atoms. The highest BCUT2D eigenvalue weighted by Crippen LogP contribution is 2.47. The van der Waals surface area contributed by atoms with Crippen molar-refractivity contribution in [3.05, 3.63) is 59.5 Å². The van der Waals surface area contributed by atoms with E-state index in [0.717, 1.165) is 30.4 Å².